The summed E-state index contributed by atoms with van der Waals surface area (Å²) < 4.78 is 9.78. The monoisotopic (exact) mass is 259 g/mol. The highest BCUT2D eigenvalue weighted by atomic mass is 16.5. The predicted molar refractivity (Wildman–Crippen MR) is 64.7 cm³/mol. The molecule has 0 saturated heterocycles. The third-order valence-corrected chi connectivity index (χ3v) is 2.11. The van der Waals surface area contributed by atoms with Crippen LogP contribution in [0.25, 0.3) is 0 Å². The standard InChI is InChI=1S/C12H21NO5/c1-3-7-17-11(15)6-5-10(13-9-14)12(16)18-8-4-2/h9-10H,3-8H2,1-2H3,(H,13,14)/t10-/m0/s1. The highest BCUT2D eigenvalue weighted by Gasteiger charge is 2.20. The molecule has 0 heterocycles. The fourth-order valence-corrected chi connectivity index (χ4v) is 1.20. The van der Waals surface area contributed by atoms with E-state index in [0.717, 1.165) is 6.42 Å². The number of carbonyl (C=O) groups is 3. The summed E-state index contributed by atoms with van der Waals surface area (Å²) in [6.07, 6.45) is 2.14. The van der Waals surface area contributed by atoms with Crippen molar-refractivity contribution in [2.45, 2.75) is 45.6 Å². The summed E-state index contributed by atoms with van der Waals surface area (Å²) in [6, 6.07) is -0.789. The maximum absolute atomic E-state index is 11.5. The first-order valence-electron chi connectivity index (χ1n) is 6.17. The van der Waals surface area contributed by atoms with Gasteiger partial charge in [0.25, 0.3) is 0 Å². The Hall–Kier alpha value is -1.59. The van der Waals surface area contributed by atoms with Gasteiger partial charge in [-0.25, -0.2) is 4.79 Å². The minimum atomic E-state index is -0.789. The summed E-state index contributed by atoms with van der Waals surface area (Å²) in [5, 5.41) is 2.34. The van der Waals surface area contributed by atoms with Crippen LogP contribution in [0.15, 0.2) is 0 Å². The lowest BCUT2D eigenvalue weighted by atomic mass is 10.1. The van der Waals surface area contributed by atoms with Gasteiger partial charge in [-0.2, -0.15) is 0 Å². The van der Waals surface area contributed by atoms with E-state index in [0.29, 0.717) is 26.0 Å². The first kappa shape index (κ1) is 16.4. The van der Waals surface area contributed by atoms with Crippen molar-refractivity contribution in [2.75, 3.05) is 13.2 Å². The van der Waals surface area contributed by atoms with E-state index < -0.39 is 12.0 Å². The molecular formula is C12H21NO5. The Kier molecular flexibility index (Phi) is 9.62. The summed E-state index contributed by atoms with van der Waals surface area (Å²) in [5.41, 5.74) is 0. The molecule has 0 aromatic heterocycles. The third-order valence-electron chi connectivity index (χ3n) is 2.11. The molecule has 0 bridgehead atoms. The minimum Gasteiger partial charge on any atom is -0.466 e. The summed E-state index contributed by atoms with van der Waals surface area (Å²) in [6.45, 7) is 4.44. The second kappa shape index (κ2) is 10.6. The van der Waals surface area contributed by atoms with E-state index in [1.807, 2.05) is 13.8 Å². The minimum absolute atomic E-state index is 0.0761. The van der Waals surface area contributed by atoms with E-state index in [4.69, 9.17) is 9.47 Å². The molecule has 0 aromatic rings. The van der Waals surface area contributed by atoms with Crippen LogP contribution in [0, 0.1) is 0 Å². The van der Waals surface area contributed by atoms with Crippen LogP contribution >= 0.6 is 0 Å². The van der Waals surface area contributed by atoms with Crippen LogP contribution in [0.3, 0.4) is 0 Å². The molecule has 0 aliphatic heterocycles. The van der Waals surface area contributed by atoms with Crippen molar-refractivity contribution in [3.05, 3.63) is 0 Å². The molecule has 0 unspecified atom stereocenters. The molecule has 0 radical (unpaired) electrons. The highest BCUT2D eigenvalue weighted by molar-refractivity contribution is 5.79. The van der Waals surface area contributed by atoms with Gasteiger partial charge < -0.3 is 14.8 Å². The van der Waals surface area contributed by atoms with Gasteiger partial charge in [-0.15, -0.1) is 0 Å². The van der Waals surface area contributed by atoms with Crippen molar-refractivity contribution in [2.24, 2.45) is 0 Å². The van der Waals surface area contributed by atoms with Crippen LogP contribution in [0.5, 0.6) is 0 Å². The lowest BCUT2D eigenvalue weighted by Gasteiger charge is -2.14. The summed E-state index contributed by atoms with van der Waals surface area (Å²) in [5.74, 6) is -0.898. The van der Waals surface area contributed by atoms with Crippen molar-refractivity contribution in [3.63, 3.8) is 0 Å². The number of amides is 1. The Morgan fingerprint density at radius 2 is 1.78 bits per heavy atom. The SMILES string of the molecule is CCCOC(=O)CC[C@H](NC=O)C(=O)OCCC. The second-order valence-electron chi connectivity index (χ2n) is 3.76. The van der Waals surface area contributed by atoms with Gasteiger partial charge in [0.1, 0.15) is 6.04 Å². The van der Waals surface area contributed by atoms with Gasteiger partial charge in [0.05, 0.1) is 13.2 Å². The Morgan fingerprint density at radius 3 is 2.33 bits per heavy atom. The topological polar surface area (TPSA) is 81.7 Å². The van der Waals surface area contributed by atoms with Crippen molar-refractivity contribution in [1.29, 1.82) is 0 Å². The Balaban J connectivity index is 4.06. The van der Waals surface area contributed by atoms with E-state index in [9.17, 15) is 14.4 Å². The van der Waals surface area contributed by atoms with E-state index >= 15 is 0 Å². The lowest BCUT2D eigenvalue weighted by molar-refractivity contribution is -0.148. The quantitative estimate of drug-likeness (QED) is 0.463. The fraction of sp³-hybridized carbons (Fsp3) is 0.750. The zero-order valence-electron chi connectivity index (χ0n) is 10.9. The Bertz CT molecular complexity index is 267. The summed E-state index contributed by atoms with van der Waals surface area (Å²) in [7, 11) is 0. The molecular weight excluding hydrogens is 238 g/mol. The van der Waals surface area contributed by atoms with E-state index in [1.54, 1.807) is 0 Å². The number of esters is 2. The largest absolute Gasteiger partial charge is 0.466 e. The Labute approximate surface area is 107 Å². The van der Waals surface area contributed by atoms with Crippen molar-refractivity contribution in [1.82, 2.24) is 5.32 Å². The molecule has 0 fully saturated rings. The van der Waals surface area contributed by atoms with Gasteiger partial charge in [-0.1, -0.05) is 13.8 Å². The molecule has 104 valence electrons. The molecule has 0 spiro atoms. The molecule has 0 saturated carbocycles. The number of hydrogen-bond acceptors (Lipinski definition) is 5. The van der Waals surface area contributed by atoms with Gasteiger partial charge in [0, 0.05) is 6.42 Å². The highest BCUT2D eigenvalue weighted by Crippen LogP contribution is 2.02. The van der Waals surface area contributed by atoms with Gasteiger partial charge in [-0.3, -0.25) is 9.59 Å². The predicted octanol–water partition coefficient (Wildman–Crippen LogP) is 0.788. The van der Waals surface area contributed by atoms with Crippen molar-refractivity contribution >= 4 is 18.3 Å². The average Bonchev–Trinajstić information content (AvgIpc) is 2.38. The van der Waals surface area contributed by atoms with Crippen LogP contribution in [-0.2, 0) is 23.9 Å². The van der Waals surface area contributed by atoms with Crippen LogP contribution in [0.1, 0.15) is 39.5 Å². The number of ether oxygens (including phenoxy) is 2. The Morgan fingerprint density at radius 1 is 1.17 bits per heavy atom. The summed E-state index contributed by atoms with van der Waals surface area (Å²) >= 11 is 0. The first-order valence-corrected chi connectivity index (χ1v) is 6.17. The van der Waals surface area contributed by atoms with Gasteiger partial charge in [0.2, 0.25) is 6.41 Å². The van der Waals surface area contributed by atoms with Crippen molar-refractivity contribution < 1.29 is 23.9 Å². The van der Waals surface area contributed by atoms with Crippen LogP contribution in [0.4, 0.5) is 0 Å². The number of hydrogen-bond donors (Lipinski definition) is 1. The normalized spacial score (nSPS) is 11.4. The maximum atomic E-state index is 11.5. The smallest absolute Gasteiger partial charge is 0.328 e. The zero-order valence-corrected chi connectivity index (χ0v) is 10.9. The molecule has 1 N–H and O–H groups in total. The molecule has 0 aliphatic carbocycles. The third kappa shape index (κ3) is 7.65. The van der Waals surface area contributed by atoms with Crippen LogP contribution in [-0.4, -0.2) is 37.6 Å². The molecule has 1 atom stereocenters. The second-order valence-corrected chi connectivity index (χ2v) is 3.76. The molecule has 1 amide bonds. The van der Waals surface area contributed by atoms with Gasteiger partial charge in [0.15, 0.2) is 0 Å². The van der Waals surface area contributed by atoms with Crippen LogP contribution in [0.2, 0.25) is 0 Å². The average molecular weight is 259 g/mol. The van der Waals surface area contributed by atoms with E-state index in [1.165, 1.54) is 0 Å². The number of rotatable bonds is 10. The van der Waals surface area contributed by atoms with E-state index in [-0.39, 0.29) is 18.8 Å². The first-order chi connectivity index (χ1) is 8.65. The molecule has 18 heavy (non-hydrogen) atoms. The molecule has 6 heteroatoms. The molecule has 0 aromatic carbocycles. The summed E-state index contributed by atoms with van der Waals surface area (Å²) in [4.78, 5) is 33.2. The number of nitrogens with one attached hydrogen (secondary N) is 1. The maximum Gasteiger partial charge on any atom is 0.328 e. The van der Waals surface area contributed by atoms with Gasteiger partial charge in [-0.05, 0) is 19.3 Å². The molecule has 0 aliphatic rings. The molecule has 0 rings (SSSR count). The van der Waals surface area contributed by atoms with Gasteiger partial charge >= 0.3 is 11.9 Å². The lowest BCUT2D eigenvalue weighted by Crippen LogP contribution is -2.37. The zero-order chi connectivity index (χ0) is 13.8. The fourth-order valence-electron chi connectivity index (χ4n) is 1.20. The van der Waals surface area contributed by atoms with Crippen molar-refractivity contribution in [3.8, 4) is 0 Å². The number of carbonyl (C=O) groups excluding carboxylic acids is 3. The van der Waals surface area contributed by atoms with E-state index in [2.05, 4.69) is 5.32 Å². The van der Waals surface area contributed by atoms with Crippen LogP contribution < -0.4 is 5.32 Å². The molecule has 6 nitrogen and oxygen atoms in total.